The second-order valence-electron chi connectivity index (χ2n) is 17.6. The maximum Gasteiger partial charge on any atom is 0.472 e. The lowest BCUT2D eigenvalue weighted by Gasteiger charge is -2.41. The summed E-state index contributed by atoms with van der Waals surface area (Å²) in [5.41, 5.74) is 0. The highest BCUT2D eigenvalue weighted by atomic mass is 31.2. The van der Waals surface area contributed by atoms with E-state index in [0.29, 0.717) is 13.0 Å². The second-order valence-corrected chi connectivity index (χ2v) is 19.0. The Kier molecular flexibility index (Phi) is 41.1. The van der Waals surface area contributed by atoms with Crippen LogP contribution in [0.25, 0.3) is 0 Å². The molecule has 12 nitrogen and oxygen atoms in total. The number of hydrogen-bond acceptors (Lipinski definition) is 11. The third-order valence-electron chi connectivity index (χ3n) is 11.4. The van der Waals surface area contributed by atoms with Gasteiger partial charge in [-0.05, 0) is 96.3 Å². The summed E-state index contributed by atoms with van der Waals surface area (Å²) in [5.74, 6) is -0.499. The van der Waals surface area contributed by atoms with Gasteiger partial charge >= 0.3 is 13.8 Å². The molecule has 0 aliphatic heterocycles. The third-order valence-corrected chi connectivity index (χ3v) is 12.4. The lowest BCUT2D eigenvalue weighted by molar-refractivity contribution is -0.220. The molecule has 0 spiro atoms. The van der Waals surface area contributed by atoms with Gasteiger partial charge in [0.05, 0.1) is 13.2 Å². The summed E-state index contributed by atoms with van der Waals surface area (Å²) >= 11 is 0. The zero-order valence-electron chi connectivity index (χ0n) is 41.9. The molecule has 0 saturated heterocycles. The highest BCUT2D eigenvalue weighted by molar-refractivity contribution is 7.47. The minimum Gasteiger partial charge on any atom is -0.457 e. The topological polar surface area (TPSA) is 192 Å². The van der Waals surface area contributed by atoms with Crippen molar-refractivity contribution in [2.75, 3.05) is 19.8 Å². The van der Waals surface area contributed by atoms with Crippen LogP contribution < -0.4 is 0 Å². The van der Waals surface area contributed by atoms with Gasteiger partial charge in [-0.15, -0.1) is 0 Å². The van der Waals surface area contributed by atoms with E-state index in [1.54, 1.807) is 0 Å². The number of phosphoric ester groups is 1. The maximum absolute atomic E-state index is 12.9. The van der Waals surface area contributed by atoms with E-state index in [1.165, 1.54) is 25.7 Å². The van der Waals surface area contributed by atoms with Gasteiger partial charge < -0.3 is 39.9 Å². The standard InChI is InChI=1S/C55H93O12P/c1-3-5-7-9-11-13-15-17-19-21-23-24-25-27-29-31-33-35-37-39-41-43-45-64-46-48(47-65-68(62,63)67-55-53(60)51(58)50(57)52(59)54(55)61)66-49(56)44-42-40-38-36-34-32-30-28-26-22-20-18-16-14-12-10-8-6-4-2/h5,7,11-14,17-20,23-24,26-29,48,50-55,57-61H,3-4,6,8-10,15-16,21-22,25,30-47H2,1-2H3,(H,62,63)/b7-5-,13-11-,14-12-,19-17-,20-18-,24-23-,28-26-,29-27-. The zero-order valence-corrected chi connectivity index (χ0v) is 42.8. The van der Waals surface area contributed by atoms with Crippen LogP contribution in [0.4, 0.5) is 0 Å². The van der Waals surface area contributed by atoms with Gasteiger partial charge in [0.1, 0.15) is 42.7 Å². The summed E-state index contributed by atoms with van der Waals surface area (Å²) in [6, 6.07) is 0. The summed E-state index contributed by atoms with van der Waals surface area (Å²) in [6.07, 6.45) is 48.9. The summed E-state index contributed by atoms with van der Waals surface area (Å²) < 4.78 is 34.3. The molecule has 0 radical (unpaired) electrons. The summed E-state index contributed by atoms with van der Waals surface area (Å²) in [4.78, 5) is 23.3. The largest absolute Gasteiger partial charge is 0.472 e. The number of ether oxygens (including phenoxy) is 2. The van der Waals surface area contributed by atoms with Gasteiger partial charge in [0.2, 0.25) is 0 Å². The number of carbonyl (C=O) groups excluding carboxylic acids is 1. The Morgan fingerprint density at radius 3 is 1.32 bits per heavy atom. The van der Waals surface area contributed by atoms with E-state index in [4.69, 9.17) is 18.5 Å². The highest BCUT2D eigenvalue weighted by Gasteiger charge is 2.51. The molecule has 6 atom stereocenters. The van der Waals surface area contributed by atoms with Crippen molar-refractivity contribution >= 4 is 13.8 Å². The van der Waals surface area contributed by atoms with E-state index in [0.717, 1.165) is 128 Å². The molecule has 1 rings (SSSR count). The first kappa shape index (κ1) is 63.3. The van der Waals surface area contributed by atoms with Crippen molar-refractivity contribution in [2.24, 2.45) is 0 Å². The number of carbonyl (C=O) groups is 1. The van der Waals surface area contributed by atoms with E-state index in [9.17, 15) is 39.8 Å². The molecule has 0 aromatic rings. The SMILES string of the molecule is CC/C=C\C/C=C\C/C=C\C/C=C\C/C=C\CCCCCCCCOCC(COP(=O)(O)OC1C(O)C(O)C(O)C(O)C1O)OC(=O)CCCCCCCC/C=C\C/C=C\C/C=C\CCCCC. The Bertz CT molecular complexity index is 1490. The quantitative estimate of drug-likeness (QED) is 0.0147. The average molecular weight is 977 g/mol. The van der Waals surface area contributed by atoms with Crippen LogP contribution in [0, 0.1) is 0 Å². The first-order chi connectivity index (χ1) is 33.0. The lowest BCUT2D eigenvalue weighted by atomic mass is 9.85. The summed E-state index contributed by atoms with van der Waals surface area (Å²) in [5, 5.41) is 50.3. The smallest absolute Gasteiger partial charge is 0.457 e. The molecule has 0 heterocycles. The maximum atomic E-state index is 12.9. The average Bonchev–Trinajstić information content (AvgIpc) is 3.32. The van der Waals surface area contributed by atoms with Crippen molar-refractivity contribution in [3.63, 3.8) is 0 Å². The Morgan fingerprint density at radius 2 is 0.868 bits per heavy atom. The number of phosphoric acid groups is 1. The molecule has 1 aliphatic rings. The number of aliphatic hydroxyl groups excluding tert-OH is 5. The van der Waals surface area contributed by atoms with Crippen molar-refractivity contribution in [1.29, 1.82) is 0 Å². The minimum atomic E-state index is -5.04. The number of rotatable bonds is 43. The van der Waals surface area contributed by atoms with Crippen molar-refractivity contribution in [2.45, 2.75) is 224 Å². The van der Waals surface area contributed by atoms with Crippen LogP contribution in [0.1, 0.15) is 181 Å². The van der Waals surface area contributed by atoms with Crippen molar-refractivity contribution in [3.8, 4) is 0 Å². The van der Waals surface area contributed by atoms with Crippen LogP contribution in [0.15, 0.2) is 97.2 Å². The Morgan fingerprint density at radius 1 is 0.485 bits per heavy atom. The van der Waals surface area contributed by atoms with Crippen LogP contribution in [0.5, 0.6) is 0 Å². The first-order valence-corrected chi connectivity index (χ1v) is 27.6. The van der Waals surface area contributed by atoms with Crippen molar-refractivity contribution in [1.82, 2.24) is 0 Å². The zero-order chi connectivity index (χ0) is 49.8. The van der Waals surface area contributed by atoms with E-state index in [1.807, 2.05) is 0 Å². The molecule has 1 saturated carbocycles. The van der Waals surface area contributed by atoms with Crippen LogP contribution in [-0.4, -0.2) is 98.9 Å². The van der Waals surface area contributed by atoms with Crippen LogP contribution >= 0.6 is 7.82 Å². The fraction of sp³-hybridized carbons (Fsp3) is 0.691. The predicted molar refractivity (Wildman–Crippen MR) is 276 cm³/mol. The summed E-state index contributed by atoms with van der Waals surface area (Å²) in [6.45, 7) is 4.07. The molecule has 1 fully saturated rings. The van der Waals surface area contributed by atoms with E-state index < -0.39 is 63.1 Å². The molecule has 0 bridgehead atoms. The van der Waals surface area contributed by atoms with Gasteiger partial charge in [0.25, 0.3) is 0 Å². The van der Waals surface area contributed by atoms with Gasteiger partial charge in [-0.1, -0.05) is 175 Å². The van der Waals surface area contributed by atoms with Gasteiger partial charge in [-0.2, -0.15) is 0 Å². The minimum absolute atomic E-state index is 0.0987. The molecule has 6 N–H and O–H groups in total. The van der Waals surface area contributed by atoms with Gasteiger partial charge in [-0.25, -0.2) is 4.57 Å². The second kappa shape index (κ2) is 44.2. The summed E-state index contributed by atoms with van der Waals surface area (Å²) in [7, 11) is -5.04. The molecule has 0 amide bonds. The molecular formula is C55H93O12P. The molecule has 0 aromatic carbocycles. The lowest BCUT2D eigenvalue weighted by Crippen LogP contribution is -2.64. The number of hydrogen-bond donors (Lipinski definition) is 6. The van der Waals surface area contributed by atoms with Gasteiger partial charge in [0.15, 0.2) is 0 Å². The third kappa shape index (κ3) is 35.4. The van der Waals surface area contributed by atoms with Crippen molar-refractivity contribution < 1.29 is 58.3 Å². The van der Waals surface area contributed by atoms with Crippen LogP contribution in [0.3, 0.4) is 0 Å². The number of allylic oxidation sites excluding steroid dienone is 16. The molecule has 1 aliphatic carbocycles. The molecule has 13 heteroatoms. The fourth-order valence-electron chi connectivity index (χ4n) is 7.33. The fourth-order valence-corrected chi connectivity index (χ4v) is 8.30. The molecule has 68 heavy (non-hydrogen) atoms. The molecular weight excluding hydrogens is 884 g/mol. The normalized spacial score (nSPS) is 21.9. The van der Waals surface area contributed by atoms with E-state index in [-0.39, 0.29) is 13.0 Å². The highest BCUT2D eigenvalue weighted by Crippen LogP contribution is 2.47. The molecule has 390 valence electrons. The van der Waals surface area contributed by atoms with Crippen molar-refractivity contribution in [3.05, 3.63) is 97.2 Å². The number of unbranched alkanes of at least 4 members (excludes halogenated alkanes) is 15. The molecule has 6 unspecified atom stereocenters. The van der Waals surface area contributed by atoms with Crippen LogP contribution in [-0.2, 0) is 27.9 Å². The number of aliphatic hydroxyl groups is 5. The van der Waals surface area contributed by atoms with Crippen LogP contribution in [0.2, 0.25) is 0 Å². The predicted octanol–water partition coefficient (Wildman–Crippen LogP) is 11.9. The Balaban J connectivity index is 2.38. The Labute approximate surface area is 411 Å². The first-order valence-electron chi connectivity index (χ1n) is 26.1. The Hall–Kier alpha value is -2.74. The van der Waals surface area contributed by atoms with Gasteiger partial charge in [0, 0.05) is 13.0 Å². The van der Waals surface area contributed by atoms with Gasteiger partial charge in [-0.3, -0.25) is 13.8 Å². The monoisotopic (exact) mass is 977 g/mol. The van der Waals surface area contributed by atoms with E-state index >= 15 is 0 Å². The number of esters is 1. The van der Waals surface area contributed by atoms with E-state index in [2.05, 4.69) is 111 Å². The molecule has 0 aromatic heterocycles.